The maximum atomic E-state index is 12.6. The Kier molecular flexibility index (Phi) is 50.2. The Hall–Kier alpha value is -1.77. The van der Waals surface area contributed by atoms with Crippen molar-refractivity contribution in [1.82, 2.24) is 0 Å². The van der Waals surface area contributed by atoms with Gasteiger partial charge in [-0.1, -0.05) is 249 Å². The van der Waals surface area contributed by atoms with E-state index in [4.69, 9.17) is 24.3 Å². The molecule has 0 aromatic rings. The van der Waals surface area contributed by atoms with E-state index in [2.05, 4.69) is 50.3 Å². The lowest BCUT2D eigenvalue weighted by Crippen LogP contribution is -2.29. The molecule has 65 heavy (non-hydrogen) atoms. The molecular weight excluding hydrogens is 834 g/mol. The molecular formula is C55H104NO8P. The van der Waals surface area contributed by atoms with Gasteiger partial charge in [0, 0.05) is 19.4 Å². The van der Waals surface area contributed by atoms with Crippen molar-refractivity contribution in [1.29, 1.82) is 0 Å². The molecule has 382 valence electrons. The van der Waals surface area contributed by atoms with Gasteiger partial charge in [-0.3, -0.25) is 18.6 Å². The fourth-order valence-electron chi connectivity index (χ4n) is 8.01. The Balaban J connectivity index is 3.92. The second kappa shape index (κ2) is 51.6. The Morgan fingerprint density at radius 3 is 1.26 bits per heavy atom. The maximum Gasteiger partial charge on any atom is 0.472 e. The average molecular weight is 938 g/mol. The summed E-state index contributed by atoms with van der Waals surface area (Å²) in [6.07, 6.45) is 60.6. The summed E-state index contributed by atoms with van der Waals surface area (Å²) < 4.78 is 33.0. The van der Waals surface area contributed by atoms with Crippen molar-refractivity contribution in [3.63, 3.8) is 0 Å². The number of carbonyl (C=O) groups excluding carboxylic acids is 2. The maximum absolute atomic E-state index is 12.6. The number of rotatable bonds is 52. The molecule has 0 aliphatic rings. The number of phosphoric acid groups is 1. The van der Waals surface area contributed by atoms with Crippen LogP contribution in [0.2, 0.25) is 0 Å². The van der Waals surface area contributed by atoms with Gasteiger partial charge in [0.15, 0.2) is 6.10 Å². The van der Waals surface area contributed by atoms with Gasteiger partial charge in [-0.25, -0.2) is 4.57 Å². The molecule has 2 unspecified atom stereocenters. The monoisotopic (exact) mass is 938 g/mol. The number of esters is 2. The minimum atomic E-state index is -4.38. The molecule has 0 heterocycles. The Morgan fingerprint density at radius 1 is 0.477 bits per heavy atom. The van der Waals surface area contributed by atoms with Crippen molar-refractivity contribution in [2.24, 2.45) is 5.73 Å². The molecule has 10 heteroatoms. The highest BCUT2D eigenvalue weighted by atomic mass is 31.2. The summed E-state index contributed by atoms with van der Waals surface area (Å²) in [6, 6.07) is 0. The lowest BCUT2D eigenvalue weighted by molar-refractivity contribution is -0.161. The van der Waals surface area contributed by atoms with Gasteiger partial charge in [0.1, 0.15) is 6.61 Å². The third-order valence-corrected chi connectivity index (χ3v) is 13.0. The molecule has 0 saturated heterocycles. The number of nitrogens with two attached hydrogens (primary N) is 1. The zero-order valence-electron chi connectivity index (χ0n) is 42.5. The molecule has 0 aromatic carbocycles. The summed E-state index contributed by atoms with van der Waals surface area (Å²) in [5, 5.41) is 0. The van der Waals surface area contributed by atoms with Gasteiger partial charge in [0.25, 0.3) is 0 Å². The van der Waals surface area contributed by atoms with E-state index in [0.29, 0.717) is 6.42 Å². The second-order valence-corrected chi connectivity index (χ2v) is 19.9. The summed E-state index contributed by atoms with van der Waals surface area (Å²) in [7, 11) is -4.38. The minimum Gasteiger partial charge on any atom is -0.462 e. The smallest absolute Gasteiger partial charge is 0.462 e. The fraction of sp³-hybridized carbons (Fsp3) is 0.855. The van der Waals surface area contributed by atoms with Gasteiger partial charge >= 0.3 is 19.8 Å². The SMILES string of the molecule is CC/C=C\C/C=C\C/C=C\CCCCCCCCCC(=O)OC(COC(=O)CCCCCCCCCCCCCCCCCCCCCCCCCCCCC)COP(=O)(O)OCCN. The first-order chi connectivity index (χ1) is 31.8. The van der Waals surface area contributed by atoms with E-state index in [1.807, 2.05) is 0 Å². The van der Waals surface area contributed by atoms with Crippen LogP contribution in [0.4, 0.5) is 0 Å². The molecule has 9 nitrogen and oxygen atoms in total. The van der Waals surface area contributed by atoms with E-state index in [1.165, 1.54) is 173 Å². The second-order valence-electron chi connectivity index (χ2n) is 18.4. The molecule has 3 N–H and O–H groups in total. The molecule has 0 aromatic heterocycles. The lowest BCUT2D eigenvalue weighted by Gasteiger charge is -2.19. The number of carbonyl (C=O) groups is 2. The topological polar surface area (TPSA) is 134 Å². The predicted octanol–water partition coefficient (Wildman–Crippen LogP) is 16.8. The molecule has 0 bridgehead atoms. The summed E-state index contributed by atoms with van der Waals surface area (Å²) in [4.78, 5) is 35.1. The minimum absolute atomic E-state index is 0.0523. The molecule has 0 aliphatic carbocycles. The largest absolute Gasteiger partial charge is 0.472 e. The number of allylic oxidation sites excluding steroid dienone is 6. The van der Waals surface area contributed by atoms with Gasteiger partial charge < -0.3 is 20.1 Å². The van der Waals surface area contributed by atoms with E-state index in [-0.39, 0.29) is 38.6 Å². The summed E-state index contributed by atoms with van der Waals surface area (Å²) in [6.45, 7) is 3.66. The van der Waals surface area contributed by atoms with Gasteiger partial charge in [-0.05, 0) is 44.9 Å². The van der Waals surface area contributed by atoms with Crippen molar-refractivity contribution in [2.75, 3.05) is 26.4 Å². The lowest BCUT2D eigenvalue weighted by atomic mass is 10.0. The van der Waals surface area contributed by atoms with Crippen LogP contribution in [-0.4, -0.2) is 49.3 Å². The first-order valence-electron chi connectivity index (χ1n) is 27.5. The van der Waals surface area contributed by atoms with Crippen LogP contribution in [0.15, 0.2) is 36.5 Å². The number of hydrogen-bond donors (Lipinski definition) is 2. The fourth-order valence-corrected chi connectivity index (χ4v) is 8.77. The van der Waals surface area contributed by atoms with Crippen LogP contribution in [0, 0.1) is 0 Å². The van der Waals surface area contributed by atoms with E-state index in [0.717, 1.165) is 64.2 Å². The number of phosphoric ester groups is 1. The first kappa shape index (κ1) is 63.2. The molecule has 0 fully saturated rings. The van der Waals surface area contributed by atoms with Crippen LogP contribution in [-0.2, 0) is 32.7 Å². The highest BCUT2D eigenvalue weighted by molar-refractivity contribution is 7.47. The summed E-state index contributed by atoms with van der Waals surface area (Å²) in [5.74, 6) is -0.827. The first-order valence-corrected chi connectivity index (χ1v) is 29.0. The normalized spacial score (nSPS) is 13.4. The van der Waals surface area contributed by atoms with Crippen LogP contribution in [0.25, 0.3) is 0 Å². The predicted molar refractivity (Wildman–Crippen MR) is 275 cm³/mol. The molecule has 0 amide bonds. The van der Waals surface area contributed by atoms with Crippen LogP contribution in [0.1, 0.15) is 271 Å². The molecule has 0 rings (SSSR count). The quantitative estimate of drug-likeness (QED) is 0.0264. The summed E-state index contributed by atoms with van der Waals surface area (Å²) >= 11 is 0. The van der Waals surface area contributed by atoms with Gasteiger partial charge in [-0.15, -0.1) is 0 Å². The Morgan fingerprint density at radius 2 is 0.846 bits per heavy atom. The summed E-state index contributed by atoms with van der Waals surface area (Å²) in [5.41, 5.74) is 5.37. The number of unbranched alkanes of at least 4 members (excludes halogenated alkanes) is 33. The standard InChI is InChI=1S/C55H104NO8P/c1-3-5-7-9-11-13-15-17-19-21-22-23-24-25-26-27-28-29-30-32-33-35-37-39-41-43-45-47-54(57)61-51-53(52-63-65(59,60)62-50-49-56)64-55(58)48-46-44-42-40-38-36-34-31-20-18-16-14-12-10-8-6-4-2/h6,8,12,14,18,20,53H,3-5,7,9-11,13,15-17,19,21-52,56H2,1-2H3,(H,59,60)/b8-6-,14-12-,20-18-. The van der Waals surface area contributed by atoms with Crippen LogP contribution >= 0.6 is 7.82 Å². The average Bonchev–Trinajstić information content (AvgIpc) is 3.30. The van der Waals surface area contributed by atoms with Crippen LogP contribution < -0.4 is 5.73 Å². The number of hydrogen-bond acceptors (Lipinski definition) is 8. The van der Waals surface area contributed by atoms with E-state index >= 15 is 0 Å². The van der Waals surface area contributed by atoms with E-state index in [1.54, 1.807) is 0 Å². The van der Waals surface area contributed by atoms with Crippen molar-refractivity contribution >= 4 is 19.8 Å². The highest BCUT2D eigenvalue weighted by Crippen LogP contribution is 2.43. The van der Waals surface area contributed by atoms with Gasteiger partial charge in [0.05, 0.1) is 13.2 Å². The van der Waals surface area contributed by atoms with Crippen molar-refractivity contribution in [3.8, 4) is 0 Å². The third kappa shape index (κ3) is 51.5. The van der Waals surface area contributed by atoms with E-state index < -0.39 is 26.5 Å². The molecule has 0 saturated carbocycles. The van der Waals surface area contributed by atoms with Gasteiger partial charge in [-0.2, -0.15) is 0 Å². The molecule has 0 aliphatic heterocycles. The zero-order valence-corrected chi connectivity index (χ0v) is 43.4. The molecule has 2 atom stereocenters. The van der Waals surface area contributed by atoms with Crippen LogP contribution in [0.5, 0.6) is 0 Å². The molecule has 0 spiro atoms. The molecule has 0 radical (unpaired) electrons. The zero-order chi connectivity index (χ0) is 47.4. The van der Waals surface area contributed by atoms with Crippen molar-refractivity contribution in [2.45, 2.75) is 277 Å². The Labute approximate surface area is 401 Å². The van der Waals surface area contributed by atoms with Crippen molar-refractivity contribution < 1.29 is 37.6 Å². The van der Waals surface area contributed by atoms with Crippen molar-refractivity contribution in [3.05, 3.63) is 36.5 Å². The Bertz CT molecular complexity index is 1160. The van der Waals surface area contributed by atoms with E-state index in [9.17, 15) is 19.0 Å². The highest BCUT2D eigenvalue weighted by Gasteiger charge is 2.26. The third-order valence-electron chi connectivity index (χ3n) is 12.0. The number of ether oxygens (including phenoxy) is 2. The van der Waals surface area contributed by atoms with Gasteiger partial charge in [0.2, 0.25) is 0 Å². The van der Waals surface area contributed by atoms with Crippen LogP contribution in [0.3, 0.4) is 0 Å².